The zero-order chi connectivity index (χ0) is 30.0. The predicted octanol–water partition coefficient (Wildman–Crippen LogP) is 4.16. The van der Waals surface area contributed by atoms with Crippen molar-refractivity contribution < 1.29 is 29.0 Å². The second-order valence-electron chi connectivity index (χ2n) is 10.8. The number of rotatable bonds is 10. The van der Waals surface area contributed by atoms with Crippen molar-refractivity contribution in [2.75, 3.05) is 49.2 Å². The van der Waals surface area contributed by atoms with Crippen LogP contribution in [0.4, 0.5) is 17.3 Å². The van der Waals surface area contributed by atoms with Crippen molar-refractivity contribution in [1.82, 2.24) is 15.0 Å². The van der Waals surface area contributed by atoms with Gasteiger partial charge in [-0.1, -0.05) is 0 Å². The third-order valence-corrected chi connectivity index (χ3v) is 7.94. The molecule has 0 radical (unpaired) electrons. The third-order valence-electron chi connectivity index (χ3n) is 7.94. The Morgan fingerprint density at radius 1 is 1.10 bits per heavy atom. The number of carboxylic acids is 1. The summed E-state index contributed by atoms with van der Waals surface area (Å²) in [5, 5.41) is 9.51. The molecule has 12 nitrogen and oxygen atoms in total. The molecule has 0 spiro atoms. The molecule has 2 N–H and O–H groups in total. The maximum absolute atomic E-state index is 13.8. The number of aromatic nitrogens is 3. The predicted molar refractivity (Wildman–Crippen MR) is 156 cm³/mol. The summed E-state index contributed by atoms with van der Waals surface area (Å²) in [5.41, 5.74) is 5.04. The van der Waals surface area contributed by atoms with Gasteiger partial charge in [0.15, 0.2) is 0 Å². The number of carboxylic acid groups (broad SMARTS) is 1. The van der Waals surface area contributed by atoms with Crippen LogP contribution in [-0.2, 0) is 21.6 Å². The second-order valence-corrected chi connectivity index (χ2v) is 10.8. The molecule has 4 heterocycles. The minimum atomic E-state index is -1.07. The standard InChI is InChI=1S/C30H36N6O6/c1-6-42-34-21-9-10-22(28(37)38)33-25(21)18-11-13-35(14-12-18)26-24-27(32-17-31-26)36(29(39)30(24,2)3)16-19-7-8-20(40-4)15-23(19)41-5/h7-10,15,17-18,34H,6,11-14,16H2,1-5H3,(H,37,38). The number of hydrogen-bond donors (Lipinski definition) is 2. The highest BCUT2D eigenvalue weighted by atomic mass is 16.6. The molecule has 222 valence electrons. The van der Waals surface area contributed by atoms with Crippen LogP contribution in [0.25, 0.3) is 0 Å². The molecule has 42 heavy (non-hydrogen) atoms. The van der Waals surface area contributed by atoms with Crippen LogP contribution >= 0.6 is 0 Å². The van der Waals surface area contributed by atoms with Crippen molar-refractivity contribution in [2.24, 2.45) is 0 Å². The summed E-state index contributed by atoms with van der Waals surface area (Å²) < 4.78 is 10.9. The van der Waals surface area contributed by atoms with Gasteiger partial charge in [-0.2, -0.15) is 0 Å². The number of nitrogens with zero attached hydrogens (tertiary/aromatic N) is 5. The largest absolute Gasteiger partial charge is 0.497 e. The Morgan fingerprint density at radius 3 is 2.50 bits per heavy atom. The molecule has 5 rings (SSSR count). The first kappa shape index (κ1) is 29.1. The van der Waals surface area contributed by atoms with E-state index < -0.39 is 11.4 Å². The fraction of sp³-hybridized carbons (Fsp3) is 0.433. The Kier molecular flexibility index (Phi) is 8.17. The number of anilines is 3. The maximum Gasteiger partial charge on any atom is 0.354 e. The maximum atomic E-state index is 13.8. The monoisotopic (exact) mass is 576 g/mol. The highest BCUT2D eigenvalue weighted by Gasteiger charge is 2.48. The van der Waals surface area contributed by atoms with Crippen molar-refractivity contribution in [3.8, 4) is 11.5 Å². The number of aromatic carboxylic acids is 1. The Hall–Kier alpha value is -4.45. The van der Waals surface area contributed by atoms with E-state index in [-0.39, 0.29) is 17.5 Å². The molecule has 2 aliphatic rings. The number of fused-ring (bicyclic) bond motifs is 1. The number of amides is 1. The van der Waals surface area contributed by atoms with Gasteiger partial charge in [0.1, 0.15) is 35.2 Å². The van der Waals surface area contributed by atoms with E-state index in [0.717, 1.165) is 29.8 Å². The van der Waals surface area contributed by atoms with Crippen LogP contribution in [0.3, 0.4) is 0 Å². The molecule has 0 bridgehead atoms. The van der Waals surface area contributed by atoms with Crippen molar-refractivity contribution >= 4 is 29.2 Å². The first-order valence-corrected chi connectivity index (χ1v) is 13.9. The molecule has 1 aromatic carbocycles. The topological polar surface area (TPSA) is 139 Å². The fourth-order valence-corrected chi connectivity index (χ4v) is 5.72. The van der Waals surface area contributed by atoms with E-state index in [1.807, 2.05) is 32.9 Å². The summed E-state index contributed by atoms with van der Waals surface area (Å²) in [5.74, 6) is 1.51. The number of pyridine rings is 1. The number of carbonyl (C=O) groups is 2. The van der Waals surface area contributed by atoms with Gasteiger partial charge in [0.2, 0.25) is 5.91 Å². The smallest absolute Gasteiger partial charge is 0.354 e. The molecule has 2 aliphatic heterocycles. The van der Waals surface area contributed by atoms with Gasteiger partial charge >= 0.3 is 5.97 Å². The number of nitrogens with one attached hydrogen (secondary N) is 1. The zero-order valence-electron chi connectivity index (χ0n) is 24.5. The SMILES string of the molecule is CCONc1ccc(C(=O)O)nc1C1CCN(c2ncnc3c2C(C)(C)C(=O)N3Cc2ccc(OC)cc2OC)CC1. The normalized spacial score (nSPS) is 16.4. The van der Waals surface area contributed by atoms with E-state index in [1.54, 1.807) is 31.3 Å². The zero-order valence-corrected chi connectivity index (χ0v) is 24.5. The van der Waals surface area contributed by atoms with Crippen molar-refractivity contribution in [3.05, 3.63) is 59.2 Å². The summed E-state index contributed by atoms with van der Waals surface area (Å²) in [6, 6.07) is 8.71. The van der Waals surface area contributed by atoms with E-state index in [9.17, 15) is 14.7 Å². The Labute approximate surface area is 244 Å². The van der Waals surface area contributed by atoms with Crippen molar-refractivity contribution in [3.63, 3.8) is 0 Å². The van der Waals surface area contributed by atoms with Crippen molar-refractivity contribution in [2.45, 2.75) is 51.5 Å². The van der Waals surface area contributed by atoms with Crippen LogP contribution in [0.5, 0.6) is 11.5 Å². The van der Waals surface area contributed by atoms with Crippen LogP contribution in [0.1, 0.15) is 66.8 Å². The highest BCUT2D eigenvalue weighted by Crippen LogP contribution is 2.46. The van der Waals surface area contributed by atoms with Gasteiger partial charge in [-0.3, -0.25) is 20.0 Å². The number of hydrogen-bond acceptors (Lipinski definition) is 10. The first-order valence-electron chi connectivity index (χ1n) is 13.9. The third kappa shape index (κ3) is 5.29. The Balaban J connectivity index is 1.41. The lowest BCUT2D eigenvalue weighted by Gasteiger charge is -2.35. The summed E-state index contributed by atoms with van der Waals surface area (Å²) in [6.07, 6.45) is 2.95. The average molecular weight is 577 g/mol. The lowest BCUT2D eigenvalue weighted by molar-refractivity contribution is -0.122. The van der Waals surface area contributed by atoms with Gasteiger partial charge < -0.3 is 19.5 Å². The van der Waals surface area contributed by atoms with Gasteiger partial charge in [-0.15, -0.1) is 0 Å². The van der Waals surface area contributed by atoms with Crippen LogP contribution in [0.15, 0.2) is 36.7 Å². The average Bonchev–Trinajstić information content (AvgIpc) is 3.20. The van der Waals surface area contributed by atoms with E-state index in [4.69, 9.17) is 14.3 Å². The van der Waals surface area contributed by atoms with Gasteiger partial charge in [-0.05, 0) is 57.9 Å². The van der Waals surface area contributed by atoms with Crippen LogP contribution in [-0.4, -0.2) is 65.9 Å². The molecule has 0 saturated carbocycles. The molecule has 1 saturated heterocycles. The van der Waals surface area contributed by atoms with E-state index in [0.29, 0.717) is 54.9 Å². The van der Waals surface area contributed by atoms with Crippen LogP contribution in [0.2, 0.25) is 0 Å². The van der Waals surface area contributed by atoms with Crippen LogP contribution in [0, 0.1) is 0 Å². The van der Waals surface area contributed by atoms with Gasteiger partial charge in [0.05, 0.1) is 49.7 Å². The number of benzene rings is 1. The van der Waals surface area contributed by atoms with E-state index >= 15 is 0 Å². The lowest BCUT2D eigenvalue weighted by Crippen LogP contribution is -2.38. The summed E-state index contributed by atoms with van der Waals surface area (Å²) in [4.78, 5) is 48.4. The number of piperidine rings is 1. The molecule has 3 aromatic rings. The molecule has 1 amide bonds. The quantitative estimate of drug-likeness (QED) is 0.336. The van der Waals surface area contributed by atoms with Gasteiger partial charge in [-0.25, -0.2) is 19.7 Å². The second kappa shape index (κ2) is 11.8. The summed E-state index contributed by atoms with van der Waals surface area (Å²) in [6.45, 7) is 7.73. The van der Waals surface area contributed by atoms with E-state index in [2.05, 4.69) is 25.3 Å². The van der Waals surface area contributed by atoms with Crippen LogP contribution < -0.4 is 24.8 Å². The van der Waals surface area contributed by atoms with Gasteiger partial charge in [0.25, 0.3) is 0 Å². The Morgan fingerprint density at radius 2 is 1.83 bits per heavy atom. The minimum absolute atomic E-state index is 0.00283. The van der Waals surface area contributed by atoms with Crippen molar-refractivity contribution in [1.29, 1.82) is 0 Å². The molecule has 0 aliphatic carbocycles. The Bertz CT molecular complexity index is 1490. The molecule has 1 fully saturated rings. The number of methoxy groups -OCH3 is 2. The molecule has 2 aromatic heterocycles. The highest BCUT2D eigenvalue weighted by molar-refractivity contribution is 6.08. The van der Waals surface area contributed by atoms with E-state index in [1.165, 1.54) is 12.4 Å². The summed E-state index contributed by atoms with van der Waals surface area (Å²) >= 11 is 0. The molecular weight excluding hydrogens is 540 g/mol. The molecule has 12 heteroatoms. The fourth-order valence-electron chi connectivity index (χ4n) is 5.72. The molecule has 0 atom stereocenters. The minimum Gasteiger partial charge on any atom is -0.497 e. The number of carbonyl (C=O) groups excluding carboxylic acids is 1. The van der Waals surface area contributed by atoms with Gasteiger partial charge in [0, 0.05) is 30.6 Å². The first-order chi connectivity index (χ1) is 20.2. The summed E-state index contributed by atoms with van der Waals surface area (Å²) in [7, 11) is 3.19. The number of ether oxygens (including phenoxy) is 2. The lowest BCUT2D eigenvalue weighted by atomic mass is 9.86. The molecule has 0 unspecified atom stereocenters. The molecular formula is C30H36N6O6.